The predicted molar refractivity (Wildman–Crippen MR) is 63.5 cm³/mol. The maximum Gasteiger partial charge on any atom is 0.0730 e. The van der Waals surface area contributed by atoms with Crippen LogP contribution in [-0.4, -0.2) is 72.5 Å². The molecule has 2 aliphatic rings. The summed E-state index contributed by atoms with van der Waals surface area (Å²) in [5, 5.41) is 9.89. The minimum absolute atomic E-state index is 0.0493. The molecule has 0 aromatic heterocycles. The molecule has 4 heteroatoms. The van der Waals surface area contributed by atoms with E-state index in [1.54, 1.807) is 0 Å². The van der Waals surface area contributed by atoms with E-state index in [9.17, 15) is 5.11 Å². The minimum Gasteiger partial charge on any atom is -0.391 e. The minimum atomic E-state index is -0.169. The number of aliphatic hydroxyl groups excluding tert-OH is 1. The van der Waals surface area contributed by atoms with Crippen molar-refractivity contribution < 1.29 is 9.84 Å². The highest BCUT2D eigenvalue weighted by atomic mass is 16.5. The number of morpholine rings is 1. The molecule has 0 saturated carbocycles. The van der Waals surface area contributed by atoms with Crippen LogP contribution in [0.5, 0.6) is 0 Å². The van der Waals surface area contributed by atoms with E-state index in [2.05, 4.69) is 23.6 Å². The van der Waals surface area contributed by atoms with Gasteiger partial charge in [-0.25, -0.2) is 0 Å². The summed E-state index contributed by atoms with van der Waals surface area (Å²) in [6, 6.07) is 0. The molecule has 2 saturated heterocycles. The van der Waals surface area contributed by atoms with Crippen LogP contribution in [0.15, 0.2) is 0 Å². The van der Waals surface area contributed by atoms with Gasteiger partial charge in [-0.1, -0.05) is 0 Å². The van der Waals surface area contributed by atoms with Gasteiger partial charge in [0.05, 0.1) is 19.3 Å². The van der Waals surface area contributed by atoms with Gasteiger partial charge in [-0.05, 0) is 20.3 Å². The summed E-state index contributed by atoms with van der Waals surface area (Å²) in [6.45, 7) is 11.3. The monoisotopic (exact) mass is 228 g/mol. The van der Waals surface area contributed by atoms with E-state index in [1.165, 1.54) is 0 Å². The van der Waals surface area contributed by atoms with E-state index >= 15 is 0 Å². The van der Waals surface area contributed by atoms with Crippen LogP contribution in [0.4, 0.5) is 0 Å². The first-order chi connectivity index (χ1) is 7.60. The van der Waals surface area contributed by atoms with E-state index in [1.807, 2.05) is 0 Å². The number of hydrogen-bond acceptors (Lipinski definition) is 4. The Kier molecular flexibility index (Phi) is 3.85. The Morgan fingerprint density at radius 1 is 1.19 bits per heavy atom. The van der Waals surface area contributed by atoms with E-state index in [0.29, 0.717) is 0 Å². The SMILES string of the molecule is CC1(C)C(O)CCN1CCN1CCOCC1. The van der Waals surface area contributed by atoms with Crippen LogP contribution in [0, 0.1) is 0 Å². The Hall–Kier alpha value is -0.160. The van der Waals surface area contributed by atoms with Crippen molar-refractivity contribution >= 4 is 0 Å². The van der Waals surface area contributed by atoms with Gasteiger partial charge in [0.25, 0.3) is 0 Å². The maximum absolute atomic E-state index is 9.89. The number of rotatable bonds is 3. The third-order valence-corrected chi connectivity index (χ3v) is 4.09. The summed E-state index contributed by atoms with van der Waals surface area (Å²) in [7, 11) is 0. The lowest BCUT2D eigenvalue weighted by Crippen LogP contribution is -2.49. The van der Waals surface area contributed by atoms with Gasteiger partial charge in [-0.15, -0.1) is 0 Å². The van der Waals surface area contributed by atoms with Crippen molar-refractivity contribution in [3.8, 4) is 0 Å². The molecule has 2 rings (SSSR count). The maximum atomic E-state index is 9.89. The standard InChI is InChI=1S/C12H24N2O2/c1-12(2)11(15)3-4-14(12)6-5-13-7-9-16-10-8-13/h11,15H,3-10H2,1-2H3. The second kappa shape index (κ2) is 5.00. The molecule has 0 radical (unpaired) electrons. The van der Waals surface area contributed by atoms with Gasteiger partial charge in [0.2, 0.25) is 0 Å². The molecule has 0 amide bonds. The molecular formula is C12H24N2O2. The first-order valence-corrected chi connectivity index (χ1v) is 6.34. The van der Waals surface area contributed by atoms with Crippen molar-refractivity contribution in [2.75, 3.05) is 45.9 Å². The average molecular weight is 228 g/mol. The molecule has 4 nitrogen and oxygen atoms in total. The second-order valence-electron chi connectivity index (χ2n) is 5.40. The van der Waals surface area contributed by atoms with Gasteiger partial charge in [0.15, 0.2) is 0 Å². The summed E-state index contributed by atoms with van der Waals surface area (Å²) < 4.78 is 5.33. The molecule has 94 valence electrons. The fraction of sp³-hybridized carbons (Fsp3) is 1.00. The lowest BCUT2D eigenvalue weighted by atomic mass is 9.99. The van der Waals surface area contributed by atoms with Crippen molar-refractivity contribution in [3.05, 3.63) is 0 Å². The van der Waals surface area contributed by atoms with Crippen molar-refractivity contribution in [1.29, 1.82) is 0 Å². The van der Waals surface area contributed by atoms with Crippen molar-refractivity contribution in [2.24, 2.45) is 0 Å². The zero-order valence-electron chi connectivity index (χ0n) is 10.5. The second-order valence-corrected chi connectivity index (χ2v) is 5.40. The molecular weight excluding hydrogens is 204 g/mol. The molecule has 1 N–H and O–H groups in total. The molecule has 1 atom stereocenters. The number of hydrogen-bond donors (Lipinski definition) is 1. The van der Waals surface area contributed by atoms with Crippen molar-refractivity contribution in [2.45, 2.75) is 31.9 Å². The zero-order chi connectivity index (χ0) is 11.6. The van der Waals surface area contributed by atoms with Crippen LogP contribution >= 0.6 is 0 Å². The topological polar surface area (TPSA) is 35.9 Å². The number of likely N-dealkylation sites (tertiary alicyclic amines) is 1. The van der Waals surface area contributed by atoms with Gasteiger partial charge in [0, 0.05) is 38.3 Å². The van der Waals surface area contributed by atoms with Crippen LogP contribution < -0.4 is 0 Å². The number of ether oxygens (including phenoxy) is 1. The van der Waals surface area contributed by atoms with Crippen LogP contribution in [0.3, 0.4) is 0 Å². The third-order valence-electron chi connectivity index (χ3n) is 4.09. The molecule has 1 unspecified atom stereocenters. The summed E-state index contributed by atoms with van der Waals surface area (Å²) in [4.78, 5) is 4.86. The average Bonchev–Trinajstić information content (AvgIpc) is 2.53. The molecule has 2 aliphatic heterocycles. The van der Waals surface area contributed by atoms with Gasteiger partial charge >= 0.3 is 0 Å². The van der Waals surface area contributed by atoms with Crippen LogP contribution in [-0.2, 0) is 4.74 Å². The van der Waals surface area contributed by atoms with Crippen LogP contribution in [0.2, 0.25) is 0 Å². The highest BCUT2D eigenvalue weighted by Crippen LogP contribution is 2.28. The lowest BCUT2D eigenvalue weighted by molar-refractivity contribution is 0.0190. The van der Waals surface area contributed by atoms with Crippen molar-refractivity contribution in [1.82, 2.24) is 9.80 Å². The van der Waals surface area contributed by atoms with Gasteiger partial charge < -0.3 is 9.84 Å². The Bertz CT molecular complexity index is 227. The Labute approximate surface area is 98.2 Å². The van der Waals surface area contributed by atoms with Crippen LogP contribution in [0.25, 0.3) is 0 Å². The molecule has 2 fully saturated rings. The smallest absolute Gasteiger partial charge is 0.0730 e. The Morgan fingerprint density at radius 3 is 2.44 bits per heavy atom. The fourth-order valence-electron chi connectivity index (χ4n) is 2.62. The zero-order valence-corrected chi connectivity index (χ0v) is 10.5. The molecule has 0 spiro atoms. The molecule has 16 heavy (non-hydrogen) atoms. The quantitative estimate of drug-likeness (QED) is 0.747. The molecule has 0 bridgehead atoms. The van der Waals surface area contributed by atoms with Gasteiger partial charge in [-0.2, -0.15) is 0 Å². The highest BCUT2D eigenvalue weighted by molar-refractivity contribution is 4.95. The Balaban J connectivity index is 1.77. The van der Waals surface area contributed by atoms with Crippen molar-refractivity contribution in [3.63, 3.8) is 0 Å². The van der Waals surface area contributed by atoms with E-state index in [-0.39, 0.29) is 11.6 Å². The summed E-state index contributed by atoms with van der Waals surface area (Å²) in [6.07, 6.45) is 0.744. The first-order valence-electron chi connectivity index (χ1n) is 6.34. The normalized spacial score (nSPS) is 32.1. The summed E-state index contributed by atoms with van der Waals surface area (Å²) >= 11 is 0. The number of aliphatic hydroxyl groups is 1. The van der Waals surface area contributed by atoms with E-state index in [0.717, 1.165) is 52.4 Å². The first kappa shape index (κ1) is 12.3. The van der Waals surface area contributed by atoms with Crippen LogP contribution in [0.1, 0.15) is 20.3 Å². The van der Waals surface area contributed by atoms with E-state index < -0.39 is 0 Å². The summed E-state index contributed by atoms with van der Waals surface area (Å²) in [5.41, 5.74) is -0.0493. The fourth-order valence-corrected chi connectivity index (χ4v) is 2.62. The molecule has 2 heterocycles. The predicted octanol–water partition coefficient (Wildman–Crippen LogP) is 0.164. The molecule has 0 aromatic carbocycles. The third kappa shape index (κ3) is 2.56. The van der Waals surface area contributed by atoms with E-state index in [4.69, 9.17) is 4.74 Å². The molecule has 0 aliphatic carbocycles. The van der Waals surface area contributed by atoms with Gasteiger partial charge in [-0.3, -0.25) is 9.80 Å². The lowest BCUT2D eigenvalue weighted by Gasteiger charge is -2.36. The summed E-state index contributed by atoms with van der Waals surface area (Å²) in [5.74, 6) is 0. The largest absolute Gasteiger partial charge is 0.391 e. The van der Waals surface area contributed by atoms with Gasteiger partial charge in [0.1, 0.15) is 0 Å². The molecule has 0 aromatic rings. The highest BCUT2D eigenvalue weighted by Gasteiger charge is 2.39. The number of nitrogens with zero attached hydrogens (tertiary/aromatic N) is 2. The Morgan fingerprint density at radius 2 is 1.88 bits per heavy atom.